The van der Waals surface area contributed by atoms with Gasteiger partial charge in [0.1, 0.15) is 5.54 Å². The Morgan fingerprint density at radius 2 is 2.10 bits per heavy atom. The van der Waals surface area contributed by atoms with Gasteiger partial charge < -0.3 is 14.6 Å². The summed E-state index contributed by atoms with van der Waals surface area (Å²) in [4.78, 5) is 2.53. The van der Waals surface area contributed by atoms with E-state index in [4.69, 9.17) is 16.3 Å². The Morgan fingerprint density at radius 1 is 1.23 bits per heavy atom. The third-order valence-corrected chi connectivity index (χ3v) is 7.50. The number of aryl methyl sites for hydroxylation is 1. The first-order chi connectivity index (χ1) is 15.1. The second kappa shape index (κ2) is 7.12. The van der Waals surface area contributed by atoms with Gasteiger partial charge in [0.25, 0.3) is 0 Å². The van der Waals surface area contributed by atoms with E-state index in [0.717, 1.165) is 61.8 Å². The first-order valence-corrected chi connectivity index (χ1v) is 11.6. The molecule has 0 aliphatic carbocycles. The number of piperidine rings is 1. The first kappa shape index (κ1) is 19.4. The minimum absolute atomic E-state index is 0.0672. The smallest absolute Gasteiger partial charge is 0.104 e. The number of hydrogen-bond acceptors (Lipinski definition) is 4. The molecule has 6 rings (SSSR count). The second-order valence-corrected chi connectivity index (χ2v) is 9.70. The molecule has 5 heterocycles. The van der Waals surface area contributed by atoms with Crippen LogP contribution in [0.25, 0.3) is 5.69 Å². The maximum Gasteiger partial charge on any atom is 0.104 e. The number of halogens is 1. The third kappa shape index (κ3) is 3.20. The lowest BCUT2D eigenvalue weighted by Gasteiger charge is -2.41. The monoisotopic (exact) mass is 437 g/mol. The van der Waals surface area contributed by atoms with Crippen molar-refractivity contribution in [3.8, 4) is 5.69 Å². The van der Waals surface area contributed by atoms with Crippen molar-refractivity contribution in [1.29, 1.82) is 0 Å². The van der Waals surface area contributed by atoms with E-state index in [1.165, 1.54) is 11.3 Å². The fraction of sp³-hybridized carbons (Fsp3) is 0.458. The van der Waals surface area contributed by atoms with Crippen molar-refractivity contribution in [2.75, 3.05) is 25.0 Å². The topological polar surface area (TPSA) is 47.2 Å². The lowest BCUT2D eigenvalue weighted by molar-refractivity contribution is -0.0451. The van der Waals surface area contributed by atoms with Crippen LogP contribution in [0.4, 0.5) is 5.69 Å². The molecule has 0 unspecified atom stereocenters. The summed E-state index contributed by atoms with van der Waals surface area (Å²) in [6.07, 6.45) is 9.40. The molecular weight excluding hydrogens is 410 g/mol. The van der Waals surface area contributed by atoms with Gasteiger partial charge in [-0.05, 0) is 50.1 Å². The van der Waals surface area contributed by atoms with E-state index in [9.17, 15) is 0 Å². The maximum absolute atomic E-state index is 6.61. The van der Waals surface area contributed by atoms with E-state index in [2.05, 4.69) is 57.4 Å². The van der Waals surface area contributed by atoms with Crippen molar-refractivity contribution in [2.45, 2.75) is 50.4 Å². The Hall–Kier alpha value is -2.28. The Kier molecular flexibility index (Phi) is 4.46. The number of aromatic nitrogens is 3. The molecule has 3 aromatic rings. The molecule has 3 aliphatic heterocycles. The van der Waals surface area contributed by atoms with Crippen LogP contribution in [0.1, 0.15) is 37.4 Å². The fourth-order valence-corrected chi connectivity index (χ4v) is 5.83. The van der Waals surface area contributed by atoms with Gasteiger partial charge in [0.2, 0.25) is 0 Å². The fourth-order valence-electron chi connectivity index (χ4n) is 5.65. The molecule has 7 heteroatoms. The SMILES string of the molecule is CCn1cc(CN2CCC3(CC2)C[C@]2(CO3)Nc3cc(Cl)ccc3-n3cccc32)cn1. The van der Waals surface area contributed by atoms with E-state index in [0.29, 0.717) is 6.61 Å². The van der Waals surface area contributed by atoms with Crippen LogP contribution in [0.2, 0.25) is 5.02 Å². The summed E-state index contributed by atoms with van der Waals surface area (Å²) in [6, 6.07) is 10.4. The summed E-state index contributed by atoms with van der Waals surface area (Å²) in [5.41, 5.74) is 4.55. The molecule has 2 fully saturated rings. The number of ether oxygens (including phenoxy) is 1. The predicted molar refractivity (Wildman–Crippen MR) is 122 cm³/mol. The average molecular weight is 438 g/mol. The predicted octanol–water partition coefficient (Wildman–Crippen LogP) is 4.42. The van der Waals surface area contributed by atoms with Crippen LogP contribution in [-0.2, 0) is 23.4 Å². The van der Waals surface area contributed by atoms with Gasteiger partial charge in [-0.3, -0.25) is 9.58 Å². The molecule has 3 aliphatic rings. The van der Waals surface area contributed by atoms with E-state index < -0.39 is 0 Å². The molecule has 162 valence electrons. The first-order valence-electron chi connectivity index (χ1n) is 11.2. The number of benzene rings is 1. The van der Waals surface area contributed by atoms with Gasteiger partial charge in [-0.2, -0.15) is 5.10 Å². The molecule has 0 bridgehead atoms. The van der Waals surface area contributed by atoms with Gasteiger partial charge in [-0.1, -0.05) is 11.6 Å². The molecule has 0 radical (unpaired) electrons. The van der Waals surface area contributed by atoms with Crippen LogP contribution >= 0.6 is 11.6 Å². The Balaban J connectivity index is 1.20. The molecule has 0 saturated carbocycles. The third-order valence-electron chi connectivity index (χ3n) is 7.26. The number of anilines is 1. The zero-order valence-electron chi connectivity index (χ0n) is 17.9. The van der Waals surface area contributed by atoms with Crippen molar-refractivity contribution in [1.82, 2.24) is 19.2 Å². The largest absolute Gasteiger partial charge is 0.372 e. The molecule has 2 aromatic heterocycles. The average Bonchev–Trinajstić information content (AvgIpc) is 3.50. The number of likely N-dealkylation sites (tertiary alicyclic amines) is 1. The van der Waals surface area contributed by atoms with E-state index in [-0.39, 0.29) is 11.1 Å². The second-order valence-electron chi connectivity index (χ2n) is 9.26. The highest BCUT2D eigenvalue weighted by molar-refractivity contribution is 6.31. The van der Waals surface area contributed by atoms with Gasteiger partial charge in [0, 0.05) is 55.6 Å². The lowest BCUT2D eigenvalue weighted by atomic mass is 9.79. The van der Waals surface area contributed by atoms with Gasteiger partial charge >= 0.3 is 0 Å². The van der Waals surface area contributed by atoms with Crippen LogP contribution in [-0.4, -0.2) is 44.5 Å². The summed E-state index contributed by atoms with van der Waals surface area (Å²) in [5, 5.41) is 9.00. The quantitative estimate of drug-likeness (QED) is 0.658. The summed E-state index contributed by atoms with van der Waals surface area (Å²) in [7, 11) is 0. The van der Waals surface area contributed by atoms with Crippen molar-refractivity contribution < 1.29 is 4.74 Å². The van der Waals surface area contributed by atoms with Gasteiger partial charge in [0.15, 0.2) is 0 Å². The molecule has 2 saturated heterocycles. The highest BCUT2D eigenvalue weighted by Crippen LogP contribution is 2.50. The van der Waals surface area contributed by atoms with Crippen LogP contribution in [0, 0.1) is 0 Å². The minimum Gasteiger partial charge on any atom is -0.372 e. The molecule has 1 N–H and O–H groups in total. The Morgan fingerprint density at radius 3 is 2.90 bits per heavy atom. The number of nitrogens with zero attached hydrogens (tertiary/aromatic N) is 4. The van der Waals surface area contributed by atoms with Crippen molar-refractivity contribution in [3.63, 3.8) is 0 Å². The zero-order valence-corrected chi connectivity index (χ0v) is 18.6. The molecular formula is C24H28ClN5O. The standard InChI is InChI=1S/C24H28ClN5O/c1-2-29-15-18(13-26-29)14-28-10-7-23(8-11-28)16-24(17-31-23)22-4-3-9-30(22)21-6-5-19(25)12-20(21)27-24/h3-6,9,12-13,15,27H,2,7-8,10-11,14,16-17H2,1H3/t24-/m1/s1. The Labute approximate surface area is 187 Å². The highest BCUT2D eigenvalue weighted by Gasteiger charge is 2.53. The van der Waals surface area contributed by atoms with E-state index in [1.54, 1.807) is 0 Å². The van der Waals surface area contributed by atoms with Gasteiger partial charge in [-0.15, -0.1) is 0 Å². The maximum atomic E-state index is 6.61. The lowest BCUT2D eigenvalue weighted by Crippen LogP contribution is -2.46. The number of nitrogens with one attached hydrogen (secondary N) is 1. The summed E-state index contributed by atoms with van der Waals surface area (Å²) in [5.74, 6) is 0. The Bertz CT molecular complexity index is 1110. The van der Waals surface area contributed by atoms with Crippen LogP contribution in [0.15, 0.2) is 48.9 Å². The summed E-state index contributed by atoms with van der Waals surface area (Å²) >= 11 is 6.32. The summed E-state index contributed by atoms with van der Waals surface area (Å²) in [6.45, 7) is 6.80. The summed E-state index contributed by atoms with van der Waals surface area (Å²) < 4.78 is 10.9. The van der Waals surface area contributed by atoms with E-state index in [1.807, 2.05) is 23.0 Å². The van der Waals surface area contributed by atoms with Crippen LogP contribution < -0.4 is 5.32 Å². The number of rotatable bonds is 3. The molecule has 31 heavy (non-hydrogen) atoms. The zero-order chi connectivity index (χ0) is 21.1. The van der Waals surface area contributed by atoms with Crippen LogP contribution in [0.5, 0.6) is 0 Å². The number of hydrogen-bond donors (Lipinski definition) is 1. The molecule has 1 aromatic carbocycles. The highest BCUT2D eigenvalue weighted by atomic mass is 35.5. The van der Waals surface area contributed by atoms with Gasteiger partial charge in [0.05, 0.1) is 35.5 Å². The van der Waals surface area contributed by atoms with Crippen molar-refractivity contribution in [3.05, 3.63) is 65.2 Å². The molecule has 1 atom stereocenters. The van der Waals surface area contributed by atoms with Crippen molar-refractivity contribution >= 4 is 17.3 Å². The normalized spacial score (nSPS) is 24.3. The molecule has 6 nitrogen and oxygen atoms in total. The van der Waals surface area contributed by atoms with Crippen molar-refractivity contribution in [2.24, 2.45) is 0 Å². The van der Waals surface area contributed by atoms with Gasteiger partial charge in [-0.25, -0.2) is 0 Å². The van der Waals surface area contributed by atoms with Crippen LogP contribution in [0.3, 0.4) is 0 Å². The van der Waals surface area contributed by atoms with E-state index >= 15 is 0 Å². The molecule has 2 spiro atoms. The molecule has 0 amide bonds. The minimum atomic E-state index is -0.203. The number of fused-ring (bicyclic) bond motifs is 4.